The van der Waals surface area contributed by atoms with Crippen LogP contribution in [0.3, 0.4) is 0 Å². The minimum Gasteiger partial charge on any atom is -0.327 e. The van der Waals surface area contributed by atoms with Crippen LogP contribution in [-0.2, 0) is 6.54 Å². The molecule has 0 N–H and O–H groups in total. The second kappa shape index (κ2) is 2.58. The summed E-state index contributed by atoms with van der Waals surface area (Å²) in [4.78, 5) is 4.49. The summed E-state index contributed by atoms with van der Waals surface area (Å²) < 4.78 is 2.16. The van der Waals surface area contributed by atoms with Crippen LogP contribution in [0.4, 0.5) is 0 Å². The molecule has 0 radical (unpaired) electrons. The van der Waals surface area contributed by atoms with Gasteiger partial charge in [0.05, 0.1) is 17.1 Å². The van der Waals surface area contributed by atoms with Gasteiger partial charge in [0.1, 0.15) is 11.7 Å². The molecule has 1 atom stereocenters. The van der Waals surface area contributed by atoms with Crippen LogP contribution < -0.4 is 0 Å². The van der Waals surface area contributed by atoms with E-state index in [4.69, 9.17) is 5.26 Å². The number of para-hydroxylation sites is 2. The van der Waals surface area contributed by atoms with Gasteiger partial charge in [0, 0.05) is 6.54 Å². The van der Waals surface area contributed by atoms with Gasteiger partial charge in [-0.3, -0.25) is 0 Å². The molecule has 1 aliphatic rings. The van der Waals surface area contributed by atoms with Crippen LogP contribution >= 0.6 is 0 Å². The van der Waals surface area contributed by atoms with Crippen molar-refractivity contribution < 1.29 is 0 Å². The third-order valence-electron chi connectivity index (χ3n) is 2.79. The smallest absolute Gasteiger partial charge is 0.127 e. The lowest BCUT2D eigenvalue weighted by molar-refractivity contribution is 0.750. The van der Waals surface area contributed by atoms with E-state index in [1.54, 1.807) is 0 Å². The van der Waals surface area contributed by atoms with E-state index in [0.29, 0.717) is 0 Å². The SMILES string of the molecule is N#CC1CCn2c1nc1ccccc12. The van der Waals surface area contributed by atoms with E-state index < -0.39 is 0 Å². The second-order valence-electron chi connectivity index (χ2n) is 3.58. The number of fused-ring (bicyclic) bond motifs is 3. The average molecular weight is 183 g/mol. The van der Waals surface area contributed by atoms with Crippen molar-refractivity contribution in [2.75, 3.05) is 0 Å². The molecule has 0 bridgehead atoms. The van der Waals surface area contributed by atoms with Gasteiger partial charge in [0.2, 0.25) is 0 Å². The van der Waals surface area contributed by atoms with Crippen molar-refractivity contribution in [3.05, 3.63) is 30.1 Å². The van der Waals surface area contributed by atoms with Crippen LogP contribution in [0, 0.1) is 11.3 Å². The zero-order chi connectivity index (χ0) is 9.54. The first kappa shape index (κ1) is 7.57. The first-order valence-corrected chi connectivity index (χ1v) is 4.75. The van der Waals surface area contributed by atoms with Gasteiger partial charge in [0.25, 0.3) is 0 Å². The minimum absolute atomic E-state index is 0.0117. The van der Waals surface area contributed by atoms with Gasteiger partial charge >= 0.3 is 0 Å². The van der Waals surface area contributed by atoms with E-state index >= 15 is 0 Å². The number of aromatic nitrogens is 2. The predicted molar refractivity (Wildman–Crippen MR) is 52.7 cm³/mol. The van der Waals surface area contributed by atoms with Gasteiger partial charge in [0.15, 0.2) is 0 Å². The standard InChI is InChI=1S/C11H9N3/c12-7-8-5-6-14-10-4-2-1-3-9(10)13-11(8)14/h1-4,8H,5-6H2. The van der Waals surface area contributed by atoms with Gasteiger partial charge in [-0.2, -0.15) is 5.26 Å². The molecule has 2 heterocycles. The molecule has 0 fully saturated rings. The molecule has 3 nitrogen and oxygen atoms in total. The number of imidazole rings is 1. The highest BCUT2D eigenvalue weighted by atomic mass is 15.1. The monoisotopic (exact) mass is 183 g/mol. The Morgan fingerprint density at radius 1 is 1.43 bits per heavy atom. The van der Waals surface area contributed by atoms with E-state index in [-0.39, 0.29) is 5.92 Å². The molecule has 3 heteroatoms. The zero-order valence-electron chi connectivity index (χ0n) is 7.64. The van der Waals surface area contributed by atoms with Crippen LogP contribution in [0.5, 0.6) is 0 Å². The Hall–Kier alpha value is -1.82. The Kier molecular flexibility index (Phi) is 1.40. The predicted octanol–water partition coefficient (Wildman–Crippen LogP) is 2.05. The molecule has 3 rings (SSSR count). The van der Waals surface area contributed by atoms with Gasteiger partial charge in [-0.15, -0.1) is 0 Å². The van der Waals surface area contributed by atoms with Crippen LogP contribution in [0.25, 0.3) is 11.0 Å². The topological polar surface area (TPSA) is 41.6 Å². The number of hydrogen-bond acceptors (Lipinski definition) is 2. The zero-order valence-corrected chi connectivity index (χ0v) is 7.64. The Balaban J connectivity index is 2.33. The average Bonchev–Trinajstić information content (AvgIpc) is 2.75. The normalized spacial score (nSPS) is 19.5. The first-order valence-electron chi connectivity index (χ1n) is 4.75. The highest BCUT2D eigenvalue weighted by Gasteiger charge is 2.25. The Labute approximate surface area is 81.6 Å². The number of aryl methyl sites for hydroxylation is 1. The molecule has 14 heavy (non-hydrogen) atoms. The third-order valence-corrected chi connectivity index (χ3v) is 2.79. The van der Waals surface area contributed by atoms with Gasteiger partial charge < -0.3 is 4.57 Å². The molecule has 0 amide bonds. The number of benzene rings is 1. The van der Waals surface area contributed by atoms with E-state index in [0.717, 1.165) is 29.8 Å². The summed E-state index contributed by atoms with van der Waals surface area (Å²) >= 11 is 0. The molecule has 2 aromatic rings. The Bertz CT molecular complexity index is 533. The fourth-order valence-corrected chi connectivity index (χ4v) is 2.10. The maximum Gasteiger partial charge on any atom is 0.127 e. The van der Waals surface area contributed by atoms with E-state index in [1.807, 2.05) is 18.2 Å². The quantitative estimate of drug-likeness (QED) is 0.627. The van der Waals surface area contributed by atoms with Crippen LogP contribution in [0.1, 0.15) is 18.2 Å². The van der Waals surface area contributed by atoms with Gasteiger partial charge in [-0.05, 0) is 18.6 Å². The van der Waals surface area contributed by atoms with Gasteiger partial charge in [-0.25, -0.2) is 4.98 Å². The molecule has 1 aromatic heterocycles. The molecule has 1 unspecified atom stereocenters. The third kappa shape index (κ3) is 0.828. The van der Waals surface area contributed by atoms with Crippen molar-refractivity contribution in [1.29, 1.82) is 5.26 Å². The van der Waals surface area contributed by atoms with Crippen molar-refractivity contribution in [3.63, 3.8) is 0 Å². The minimum atomic E-state index is -0.0117. The molecular weight excluding hydrogens is 174 g/mol. The summed E-state index contributed by atoms with van der Waals surface area (Å²) in [5.41, 5.74) is 2.16. The lowest BCUT2D eigenvalue weighted by Gasteiger charge is -1.95. The fourth-order valence-electron chi connectivity index (χ4n) is 2.10. The molecule has 0 saturated heterocycles. The summed E-state index contributed by atoms with van der Waals surface area (Å²) in [7, 11) is 0. The second-order valence-corrected chi connectivity index (χ2v) is 3.58. The number of hydrogen-bond donors (Lipinski definition) is 0. The van der Waals surface area contributed by atoms with E-state index in [1.165, 1.54) is 0 Å². The summed E-state index contributed by atoms with van der Waals surface area (Å²) in [5, 5.41) is 8.93. The van der Waals surface area contributed by atoms with Crippen molar-refractivity contribution >= 4 is 11.0 Å². The fraction of sp³-hybridized carbons (Fsp3) is 0.273. The van der Waals surface area contributed by atoms with Crippen molar-refractivity contribution in [2.24, 2.45) is 0 Å². The molecular formula is C11H9N3. The molecule has 68 valence electrons. The van der Waals surface area contributed by atoms with Crippen molar-refractivity contribution in [1.82, 2.24) is 9.55 Å². The summed E-state index contributed by atoms with van der Waals surface area (Å²) in [6.07, 6.45) is 0.906. The Morgan fingerprint density at radius 3 is 3.14 bits per heavy atom. The number of nitriles is 1. The summed E-state index contributed by atoms with van der Waals surface area (Å²) in [6.45, 7) is 0.925. The van der Waals surface area contributed by atoms with Crippen LogP contribution in [0.2, 0.25) is 0 Å². The lowest BCUT2D eigenvalue weighted by atomic mass is 10.1. The van der Waals surface area contributed by atoms with Crippen LogP contribution in [0.15, 0.2) is 24.3 Å². The largest absolute Gasteiger partial charge is 0.327 e. The highest BCUT2D eigenvalue weighted by molar-refractivity contribution is 5.76. The summed E-state index contributed by atoms with van der Waals surface area (Å²) in [5.74, 6) is 0.927. The highest BCUT2D eigenvalue weighted by Crippen LogP contribution is 2.30. The Morgan fingerprint density at radius 2 is 2.29 bits per heavy atom. The molecule has 1 aromatic carbocycles. The van der Waals surface area contributed by atoms with Crippen molar-refractivity contribution in [3.8, 4) is 6.07 Å². The molecule has 0 aliphatic carbocycles. The lowest BCUT2D eigenvalue weighted by Crippen LogP contribution is -1.92. The first-order chi connectivity index (χ1) is 6.90. The maximum absolute atomic E-state index is 8.93. The number of rotatable bonds is 0. The van der Waals surface area contributed by atoms with Crippen LogP contribution in [-0.4, -0.2) is 9.55 Å². The number of nitrogens with zero attached hydrogens (tertiary/aromatic N) is 3. The van der Waals surface area contributed by atoms with Gasteiger partial charge in [-0.1, -0.05) is 12.1 Å². The summed E-state index contributed by atoms with van der Waals surface area (Å²) in [6, 6.07) is 10.3. The molecule has 0 saturated carbocycles. The van der Waals surface area contributed by atoms with Crippen molar-refractivity contribution in [2.45, 2.75) is 18.9 Å². The van der Waals surface area contributed by atoms with E-state index in [2.05, 4.69) is 21.7 Å². The molecule has 0 spiro atoms. The maximum atomic E-state index is 8.93. The molecule has 1 aliphatic heterocycles. The van der Waals surface area contributed by atoms with E-state index in [9.17, 15) is 0 Å².